The first-order valence-corrected chi connectivity index (χ1v) is 11.6. The molecule has 0 heterocycles. The summed E-state index contributed by atoms with van der Waals surface area (Å²) in [5.74, 6) is 0.292. The molecule has 0 aliphatic rings. The number of rotatable bonds is 9. The zero-order valence-electron chi connectivity index (χ0n) is 17.7. The molecule has 0 saturated carbocycles. The van der Waals surface area contributed by atoms with E-state index < -0.39 is 6.04 Å². The number of thioether (sulfide) groups is 1. The van der Waals surface area contributed by atoms with Crippen molar-refractivity contribution in [2.24, 2.45) is 5.92 Å². The molecule has 0 unspecified atom stereocenters. The Hall–Kier alpha value is -1.69. The van der Waals surface area contributed by atoms with Gasteiger partial charge in [0.1, 0.15) is 6.04 Å². The molecule has 0 aromatic heterocycles. The van der Waals surface area contributed by atoms with Crippen LogP contribution in [0.15, 0.2) is 47.4 Å². The van der Waals surface area contributed by atoms with E-state index in [1.54, 1.807) is 24.0 Å². The van der Waals surface area contributed by atoms with Crippen LogP contribution in [0.2, 0.25) is 10.0 Å². The van der Waals surface area contributed by atoms with Gasteiger partial charge in [-0.05, 0) is 49.6 Å². The Balaban J connectivity index is 2.15. The average molecular weight is 467 g/mol. The van der Waals surface area contributed by atoms with Crippen molar-refractivity contribution >= 4 is 46.8 Å². The van der Waals surface area contributed by atoms with Crippen molar-refractivity contribution in [2.45, 2.75) is 45.2 Å². The van der Waals surface area contributed by atoms with E-state index in [2.05, 4.69) is 5.32 Å². The molecule has 1 atom stereocenters. The minimum Gasteiger partial charge on any atom is -0.354 e. The SMILES string of the molecule is Cc1ccc(SCC(=O)N(Cc2ccc(Cl)c(Cl)c2)[C@@H](C)C(=O)NCC(C)C)cc1. The Morgan fingerprint density at radius 2 is 1.70 bits per heavy atom. The molecule has 2 aromatic carbocycles. The molecule has 7 heteroatoms. The first-order valence-electron chi connectivity index (χ1n) is 9.88. The molecule has 0 spiro atoms. The van der Waals surface area contributed by atoms with Gasteiger partial charge in [0.25, 0.3) is 0 Å². The van der Waals surface area contributed by atoms with Crippen molar-refractivity contribution in [3.05, 3.63) is 63.6 Å². The van der Waals surface area contributed by atoms with E-state index in [-0.39, 0.29) is 24.1 Å². The molecule has 0 aliphatic carbocycles. The fourth-order valence-corrected chi connectivity index (χ4v) is 3.84. The maximum atomic E-state index is 13.1. The number of halogens is 2. The molecule has 0 aliphatic heterocycles. The first-order chi connectivity index (χ1) is 14.2. The fourth-order valence-electron chi connectivity index (χ4n) is 2.73. The van der Waals surface area contributed by atoms with Gasteiger partial charge in [0.05, 0.1) is 15.8 Å². The highest BCUT2D eigenvalue weighted by molar-refractivity contribution is 8.00. The van der Waals surface area contributed by atoms with E-state index in [4.69, 9.17) is 23.2 Å². The molecule has 0 radical (unpaired) electrons. The molecule has 0 bridgehead atoms. The van der Waals surface area contributed by atoms with Gasteiger partial charge >= 0.3 is 0 Å². The number of benzene rings is 2. The lowest BCUT2D eigenvalue weighted by Gasteiger charge is -2.29. The summed E-state index contributed by atoms with van der Waals surface area (Å²) < 4.78 is 0. The minimum absolute atomic E-state index is 0.112. The van der Waals surface area contributed by atoms with E-state index in [9.17, 15) is 9.59 Å². The number of hydrogen-bond donors (Lipinski definition) is 1. The monoisotopic (exact) mass is 466 g/mol. The van der Waals surface area contributed by atoms with Gasteiger partial charge in [-0.2, -0.15) is 0 Å². The minimum atomic E-state index is -0.607. The Kier molecular flexibility index (Phi) is 9.53. The Morgan fingerprint density at radius 3 is 2.30 bits per heavy atom. The van der Waals surface area contributed by atoms with Gasteiger partial charge in [-0.25, -0.2) is 0 Å². The molecule has 1 N–H and O–H groups in total. The number of nitrogens with one attached hydrogen (secondary N) is 1. The van der Waals surface area contributed by atoms with Crippen molar-refractivity contribution < 1.29 is 9.59 Å². The number of hydrogen-bond acceptors (Lipinski definition) is 3. The summed E-state index contributed by atoms with van der Waals surface area (Å²) >= 11 is 13.6. The third kappa shape index (κ3) is 7.53. The highest BCUT2D eigenvalue weighted by Crippen LogP contribution is 2.25. The van der Waals surface area contributed by atoms with Crippen molar-refractivity contribution in [3.63, 3.8) is 0 Å². The normalized spacial score (nSPS) is 12.0. The van der Waals surface area contributed by atoms with Crippen LogP contribution in [0.5, 0.6) is 0 Å². The molecule has 0 saturated heterocycles. The average Bonchev–Trinajstić information content (AvgIpc) is 2.71. The third-order valence-corrected chi connectivity index (χ3v) is 6.31. The summed E-state index contributed by atoms with van der Waals surface area (Å²) in [5, 5.41) is 3.79. The van der Waals surface area contributed by atoms with Crippen LogP contribution in [0, 0.1) is 12.8 Å². The summed E-state index contributed by atoms with van der Waals surface area (Å²) in [6.07, 6.45) is 0. The van der Waals surface area contributed by atoms with Crippen LogP contribution < -0.4 is 5.32 Å². The number of nitrogens with zero attached hydrogens (tertiary/aromatic N) is 1. The lowest BCUT2D eigenvalue weighted by atomic mass is 10.1. The van der Waals surface area contributed by atoms with Crippen LogP contribution in [-0.4, -0.2) is 35.1 Å². The Labute approximate surface area is 193 Å². The van der Waals surface area contributed by atoms with Gasteiger partial charge in [-0.1, -0.05) is 60.8 Å². The maximum Gasteiger partial charge on any atom is 0.242 e. The molecular weight excluding hydrogens is 439 g/mol. The highest BCUT2D eigenvalue weighted by Gasteiger charge is 2.26. The molecule has 4 nitrogen and oxygen atoms in total. The maximum absolute atomic E-state index is 13.1. The zero-order valence-corrected chi connectivity index (χ0v) is 20.1. The van der Waals surface area contributed by atoms with Crippen LogP contribution in [0.25, 0.3) is 0 Å². The van der Waals surface area contributed by atoms with E-state index >= 15 is 0 Å². The second-order valence-corrected chi connectivity index (χ2v) is 9.55. The standard InChI is InChI=1S/C23H28Cl2N2O2S/c1-15(2)12-26-23(29)17(4)27(13-18-7-10-20(24)21(25)11-18)22(28)14-30-19-8-5-16(3)6-9-19/h5-11,15,17H,12-14H2,1-4H3,(H,26,29)/t17-/m0/s1. The fraction of sp³-hybridized carbons (Fsp3) is 0.391. The van der Waals surface area contributed by atoms with Gasteiger partial charge in [-0.3, -0.25) is 9.59 Å². The molecular formula is C23H28Cl2N2O2S. The van der Waals surface area contributed by atoms with Crippen molar-refractivity contribution in [1.29, 1.82) is 0 Å². The number of carbonyl (C=O) groups excluding carboxylic acids is 2. The van der Waals surface area contributed by atoms with Gasteiger partial charge in [0.15, 0.2) is 0 Å². The summed E-state index contributed by atoms with van der Waals surface area (Å²) in [6.45, 7) is 8.68. The smallest absolute Gasteiger partial charge is 0.242 e. The van der Waals surface area contributed by atoms with Gasteiger partial charge < -0.3 is 10.2 Å². The Morgan fingerprint density at radius 1 is 1.03 bits per heavy atom. The number of carbonyl (C=O) groups is 2. The Bertz CT molecular complexity index is 872. The largest absolute Gasteiger partial charge is 0.354 e. The lowest BCUT2D eigenvalue weighted by molar-refractivity contribution is -0.138. The first kappa shape index (κ1) is 24.6. The number of amides is 2. The van der Waals surface area contributed by atoms with Gasteiger partial charge in [-0.15, -0.1) is 11.8 Å². The topological polar surface area (TPSA) is 49.4 Å². The van der Waals surface area contributed by atoms with Crippen molar-refractivity contribution in [3.8, 4) is 0 Å². The second kappa shape index (κ2) is 11.6. The van der Waals surface area contributed by atoms with Crippen molar-refractivity contribution in [2.75, 3.05) is 12.3 Å². The third-order valence-electron chi connectivity index (χ3n) is 4.57. The van der Waals surface area contributed by atoms with Crippen LogP contribution in [-0.2, 0) is 16.1 Å². The zero-order chi connectivity index (χ0) is 22.3. The highest BCUT2D eigenvalue weighted by atomic mass is 35.5. The molecule has 0 fully saturated rings. The van der Waals surface area contributed by atoms with Gasteiger partial charge in [0.2, 0.25) is 11.8 Å². The lowest BCUT2D eigenvalue weighted by Crippen LogP contribution is -2.48. The molecule has 2 rings (SSSR count). The quantitative estimate of drug-likeness (QED) is 0.490. The van der Waals surface area contributed by atoms with E-state index in [1.807, 2.05) is 51.1 Å². The van der Waals surface area contributed by atoms with E-state index in [0.29, 0.717) is 22.5 Å². The second-order valence-electron chi connectivity index (χ2n) is 7.69. The molecule has 30 heavy (non-hydrogen) atoms. The van der Waals surface area contributed by atoms with E-state index in [1.165, 1.54) is 17.3 Å². The van der Waals surface area contributed by atoms with Gasteiger partial charge in [0, 0.05) is 18.0 Å². The summed E-state index contributed by atoms with van der Waals surface area (Å²) in [5.41, 5.74) is 1.99. The predicted molar refractivity (Wildman–Crippen MR) is 126 cm³/mol. The number of aryl methyl sites for hydroxylation is 1. The summed E-state index contributed by atoms with van der Waals surface area (Å²) in [7, 11) is 0. The van der Waals surface area contributed by atoms with Crippen LogP contribution in [0.1, 0.15) is 31.9 Å². The molecule has 2 aromatic rings. The molecule has 2 amide bonds. The van der Waals surface area contributed by atoms with E-state index in [0.717, 1.165) is 10.5 Å². The van der Waals surface area contributed by atoms with Crippen molar-refractivity contribution in [1.82, 2.24) is 10.2 Å². The van der Waals surface area contributed by atoms with Crippen LogP contribution in [0.4, 0.5) is 0 Å². The van der Waals surface area contributed by atoms with Crippen LogP contribution >= 0.6 is 35.0 Å². The summed E-state index contributed by atoms with van der Waals surface area (Å²) in [4.78, 5) is 28.4. The summed E-state index contributed by atoms with van der Waals surface area (Å²) in [6, 6.07) is 12.7. The van der Waals surface area contributed by atoms with Crippen LogP contribution in [0.3, 0.4) is 0 Å². The molecule has 162 valence electrons. The predicted octanol–water partition coefficient (Wildman–Crippen LogP) is 5.58.